The van der Waals surface area contributed by atoms with Gasteiger partial charge in [-0.3, -0.25) is 0 Å². The zero-order chi connectivity index (χ0) is 25.7. The second-order valence-corrected chi connectivity index (χ2v) is 8.82. The second-order valence-electron chi connectivity index (χ2n) is 8.82. The van der Waals surface area contributed by atoms with E-state index in [0.717, 1.165) is 38.9 Å². The summed E-state index contributed by atoms with van der Waals surface area (Å²) >= 11 is 0. The Morgan fingerprint density at radius 1 is 0.368 bits per heavy atom. The molecule has 0 spiro atoms. The van der Waals surface area contributed by atoms with E-state index >= 15 is 0 Å². The topological polar surface area (TPSA) is 62.5 Å². The number of rotatable bonds is 5. The van der Waals surface area contributed by atoms with Gasteiger partial charge in [0.05, 0.1) is 11.6 Å². The van der Waals surface area contributed by atoms with Crippen molar-refractivity contribution < 1.29 is 0 Å². The Hall–Kier alpha value is -5.40. The molecule has 6 aromatic rings. The van der Waals surface area contributed by atoms with Crippen molar-refractivity contribution >= 4 is 0 Å². The summed E-state index contributed by atoms with van der Waals surface area (Å²) in [7, 11) is 0. The fourth-order valence-corrected chi connectivity index (χ4v) is 4.52. The lowest BCUT2D eigenvalue weighted by Crippen LogP contribution is -2.01. The summed E-state index contributed by atoms with van der Waals surface area (Å²) in [6, 6.07) is 46.3. The maximum absolute atomic E-state index is 9.52. The Balaban J connectivity index is 1.47. The molecule has 0 N–H and O–H groups in total. The summed E-state index contributed by atoms with van der Waals surface area (Å²) in [5, 5.41) is 9.52. The highest BCUT2D eigenvalue weighted by Gasteiger charge is 2.15. The van der Waals surface area contributed by atoms with Crippen molar-refractivity contribution in [2.75, 3.05) is 0 Å². The lowest BCUT2D eigenvalue weighted by Gasteiger charge is -2.12. The lowest BCUT2D eigenvalue weighted by molar-refractivity contribution is 1.07. The van der Waals surface area contributed by atoms with Crippen molar-refractivity contribution in [3.05, 3.63) is 139 Å². The number of nitriles is 1. The normalized spacial score (nSPS) is 10.6. The molecule has 38 heavy (non-hydrogen) atoms. The van der Waals surface area contributed by atoms with Crippen LogP contribution in [0.2, 0.25) is 0 Å². The molecular formula is C34H22N4. The van der Waals surface area contributed by atoms with Crippen molar-refractivity contribution in [3.63, 3.8) is 0 Å². The van der Waals surface area contributed by atoms with Crippen LogP contribution in [0, 0.1) is 11.3 Å². The van der Waals surface area contributed by atoms with Gasteiger partial charge in [-0.25, -0.2) is 15.0 Å². The van der Waals surface area contributed by atoms with Gasteiger partial charge in [-0.2, -0.15) is 5.26 Å². The predicted octanol–water partition coefficient (Wildman–Crippen LogP) is 8.08. The predicted molar refractivity (Wildman–Crippen MR) is 152 cm³/mol. The van der Waals surface area contributed by atoms with Crippen LogP contribution in [0.15, 0.2) is 133 Å². The van der Waals surface area contributed by atoms with Gasteiger partial charge in [0.1, 0.15) is 0 Å². The van der Waals surface area contributed by atoms with Gasteiger partial charge >= 0.3 is 0 Å². The van der Waals surface area contributed by atoms with E-state index in [2.05, 4.69) is 36.4 Å². The number of aromatic nitrogens is 3. The standard InChI is InChI=1S/C34H22N4/c35-23-28-15-7-8-16-29(28)24-19-21-25(22-20-24)30-17-9-10-18-31(30)34-37-32(26-11-3-1-4-12-26)36-33(38-34)27-13-5-2-6-14-27/h1-22H. The van der Waals surface area contributed by atoms with Gasteiger partial charge in [0.2, 0.25) is 0 Å². The highest BCUT2D eigenvalue weighted by molar-refractivity contribution is 5.83. The molecule has 5 aromatic carbocycles. The van der Waals surface area contributed by atoms with E-state index in [4.69, 9.17) is 15.0 Å². The molecule has 178 valence electrons. The summed E-state index contributed by atoms with van der Waals surface area (Å²) in [5.74, 6) is 1.88. The fraction of sp³-hybridized carbons (Fsp3) is 0. The third-order valence-electron chi connectivity index (χ3n) is 6.42. The average molecular weight is 487 g/mol. The zero-order valence-electron chi connectivity index (χ0n) is 20.5. The summed E-state index contributed by atoms with van der Waals surface area (Å²) < 4.78 is 0. The minimum Gasteiger partial charge on any atom is -0.208 e. The molecule has 0 aliphatic heterocycles. The number of hydrogen-bond acceptors (Lipinski definition) is 4. The average Bonchev–Trinajstić information content (AvgIpc) is 3.02. The third kappa shape index (κ3) is 4.57. The molecule has 0 fully saturated rings. The van der Waals surface area contributed by atoms with E-state index < -0.39 is 0 Å². The highest BCUT2D eigenvalue weighted by atomic mass is 15.0. The molecule has 0 aliphatic rings. The first kappa shape index (κ1) is 23.0. The third-order valence-corrected chi connectivity index (χ3v) is 6.42. The summed E-state index contributed by atoms with van der Waals surface area (Å²) in [5.41, 5.74) is 7.45. The fourth-order valence-electron chi connectivity index (χ4n) is 4.52. The van der Waals surface area contributed by atoms with Gasteiger partial charge in [0.25, 0.3) is 0 Å². The second kappa shape index (κ2) is 10.3. The van der Waals surface area contributed by atoms with Gasteiger partial charge in [-0.05, 0) is 28.3 Å². The van der Waals surface area contributed by atoms with Crippen LogP contribution in [0.4, 0.5) is 0 Å². The van der Waals surface area contributed by atoms with Gasteiger partial charge < -0.3 is 0 Å². The maximum Gasteiger partial charge on any atom is 0.164 e. The number of hydrogen-bond donors (Lipinski definition) is 0. The van der Waals surface area contributed by atoms with Crippen LogP contribution in [0.1, 0.15) is 5.56 Å². The van der Waals surface area contributed by atoms with E-state index in [-0.39, 0.29) is 0 Å². The Morgan fingerprint density at radius 3 is 1.34 bits per heavy atom. The Labute approximate surface area is 221 Å². The van der Waals surface area contributed by atoms with Crippen LogP contribution in [-0.4, -0.2) is 15.0 Å². The van der Waals surface area contributed by atoms with Crippen LogP contribution in [-0.2, 0) is 0 Å². The minimum absolute atomic E-state index is 0.618. The molecule has 1 aromatic heterocycles. The first-order chi connectivity index (χ1) is 18.8. The van der Waals surface area contributed by atoms with Crippen molar-refractivity contribution in [2.24, 2.45) is 0 Å². The van der Waals surface area contributed by atoms with Gasteiger partial charge in [-0.15, -0.1) is 0 Å². The van der Waals surface area contributed by atoms with Crippen molar-refractivity contribution in [2.45, 2.75) is 0 Å². The molecule has 0 unspecified atom stereocenters. The highest BCUT2D eigenvalue weighted by Crippen LogP contribution is 2.34. The summed E-state index contributed by atoms with van der Waals surface area (Å²) in [6.07, 6.45) is 0. The van der Waals surface area contributed by atoms with E-state index in [9.17, 15) is 5.26 Å². The van der Waals surface area contributed by atoms with Crippen molar-refractivity contribution in [1.82, 2.24) is 15.0 Å². The Kier molecular flexibility index (Phi) is 6.24. The Morgan fingerprint density at radius 2 is 0.789 bits per heavy atom. The first-order valence-corrected chi connectivity index (χ1v) is 12.4. The Bertz CT molecular complexity index is 1700. The van der Waals surface area contributed by atoms with Crippen molar-refractivity contribution in [3.8, 4) is 62.5 Å². The first-order valence-electron chi connectivity index (χ1n) is 12.4. The van der Waals surface area contributed by atoms with E-state index in [1.165, 1.54) is 0 Å². The molecule has 0 saturated carbocycles. The van der Waals surface area contributed by atoms with Gasteiger partial charge in [0, 0.05) is 16.7 Å². The lowest BCUT2D eigenvalue weighted by atomic mass is 9.95. The summed E-state index contributed by atoms with van der Waals surface area (Å²) in [4.78, 5) is 14.6. The smallest absolute Gasteiger partial charge is 0.164 e. The van der Waals surface area contributed by atoms with Crippen LogP contribution >= 0.6 is 0 Å². The van der Waals surface area contributed by atoms with Crippen LogP contribution in [0.5, 0.6) is 0 Å². The van der Waals surface area contributed by atoms with Crippen LogP contribution in [0.25, 0.3) is 56.4 Å². The molecule has 0 saturated heterocycles. The quantitative estimate of drug-likeness (QED) is 0.247. The monoisotopic (exact) mass is 486 g/mol. The van der Waals surface area contributed by atoms with Crippen LogP contribution in [0.3, 0.4) is 0 Å². The molecule has 0 aliphatic carbocycles. The molecule has 1 heterocycles. The summed E-state index contributed by atoms with van der Waals surface area (Å²) in [6.45, 7) is 0. The van der Waals surface area contributed by atoms with E-state index in [1.807, 2.05) is 103 Å². The SMILES string of the molecule is N#Cc1ccccc1-c1ccc(-c2ccccc2-c2nc(-c3ccccc3)nc(-c3ccccc3)n2)cc1. The number of nitrogens with zero attached hydrogens (tertiary/aromatic N) is 4. The van der Waals surface area contributed by atoms with Gasteiger partial charge in [-0.1, -0.05) is 127 Å². The molecule has 0 bridgehead atoms. The molecule has 4 nitrogen and oxygen atoms in total. The van der Waals surface area contributed by atoms with E-state index in [1.54, 1.807) is 0 Å². The molecular weight excluding hydrogens is 464 g/mol. The van der Waals surface area contributed by atoms with E-state index in [0.29, 0.717) is 23.0 Å². The zero-order valence-corrected chi connectivity index (χ0v) is 20.5. The maximum atomic E-state index is 9.52. The van der Waals surface area contributed by atoms with Crippen molar-refractivity contribution in [1.29, 1.82) is 5.26 Å². The van der Waals surface area contributed by atoms with Crippen LogP contribution < -0.4 is 0 Å². The molecule has 0 atom stereocenters. The molecule has 4 heteroatoms. The number of benzene rings is 5. The molecule has 6 rings (SSSR count). The van der Waals surface area contributed by atoms with Gasteiger partial charge in [0.15, 0.2) is 17.5 Å². The largest absolute Gasteiger partial charge is 0.208 e. The molecule has 0 radical (unpaired) electrons. The molecule has 0 amide bonds. The minimum atomic E-state index is 0.618.